The molecule has 1 N–H and O–H groups in total. The van der Waals surface area contributed by atoms with E-state index >= 15 is 0 Å². The van der Waals surface area contributed by atoms with E-state index in [2.05, 4.69) is 19.2 Å². The topological polar surface area (TPSA) is 21.3 Å². The molecule has 1 heterocycles. The van der Waals surface area contributed by atoms with Crippen LogP contribution in [-0.2, 0) is 0 Å². The van der Waals surface area contributed by atoms with Gasteiger partial charge in [0.1, 0.15) is 6.10 Å². The summed E-state index contributed by atoms with van der Waals surface area (Å²) in [5.74, 6) is 0.304. The largest absolute Gasteiger partial charge is 0.487 e. The Balaban J connectivity index is 2.19. The second kappa shape index (κ2) is 6.29. The first-order chi connectivity index (χ1) is 9.00. The summed E-state index contributed by atoms with van der Waals surface area (Å²) in [5.41, 5.74) is 0. The maximum atomic E-state index is 14.0. The van der Waals surface area contributed by atoms with E-state index in [1.165, 1.54) is 0 Å². The number of benzene rings is 1. The molecule has 0 unspecified atom stereocenters. The molecule has 1 aliphatic heterocycles. The van der Waals surface area contributed by atoms with Crippen LogP contribution in [0.1, 0.15) is 20.3 Å². The van der Waals surface area contributed by atoms with E-state index in [1.807, 2.05) is 0 Å². The summed E-state index contributed by atoms with van der Waals surface area (Å²) < 4.78 is 19.9. The van der Waals surface area contributed by atoms with Gasteiger partial charge in [0.15, 0.2) is 11.6 Å². The van der Waals surface area contributed by atoms with Crippen molar-refractivity contribution in [2.45, 2.75) is 26.4 Å². The molecule has 1 aromatic rings. The Morgan fingerprint density at radius 3 is 2.68 bits per heavy atom. The van der Waals surface area contributed by atoms with Crippen molar-refractivity contribution in [2.75, 3.05) is 13.1 Å². The average molecular weight is 306 g/mol. The van der Waals surface area contributed by atoms with Crippen molar-refractivity contribution in [1.82, 2.24) is 5.32 Å². The van der Waals surface area contributed by atoms with Crippen molar-refractivity contribution >= 4 is 23.2 Å². The van der Waals surface area contributed by atoms with Crippen LogP contribution in [0.5, 0.6) is 5.75 Å². The zero-order valence-electron chi connectivity index (χ0n) is 11.1. The third-order valence-electron chi connectivity index (χ3n) is 3.48. The van der Waals surface area contributed by atoms with E-state index in [0.717, 1.165) is 19.5 Å². The van der Waals surface area contributed by atoms with Gasteiger partial charge in [-0.05, 0) is 31.0 Å². The summed E-state index contributed by atoms with van der Waals surface area (Å²) >= 11 is 11.6. The first-order valence-electron chi connectivity index (χ1n) is 6.51. The zero-order chi connectivity index (χ0) is 14.0. The Morgan fingerprint density at radius 1 is 1.37 bits per heavy atom. The lowest BCUT2D eigenvalue weighted by Gasteiger charge is -2.28. The second-order valence-electron chi connectivity index (χ2n) is 5.25. The van der Waals surface area contributed by atoms with Crippen molar-refractivity contribution in [3.63, 3.8) is 0 Å². The predicted molar refractivity (Wildman–Crippen MR) is 76.7 cm³/mol. The summed E-state index contributed by atoms with van der Waals surface area (Å²) in [6, 6.07) is 3.11. The molecule has 2 rings (SSSR count). The maximum Gasteiger partial charge on any atom is 0.185 e. The van der Waals surface area contributed by atoms with Gasteiger partial charge in [0.25, 0.3) is 0 Å². The Labute approximate surface area is 123 Å². The van der Waals surface area contributed by atoms with Crippen LogP contribution >= 0.6 is 23.2 Å². The lowest BCUT2D eigenvalue weighted by atomic mass is 9.92. The number of nitrogens with one attached hydrogen (secondary N) is 1. The Bertz CT molecular complexity index is 447. The minimum absolute atomic E-state index is 0.0262. The zero-order valence-corrected chi connectivity index (χ0v) is 12.6. The highest BCUT2D eigenvalue weighted by molar-refractivity contribution is 6.42. The van der Waals surface area contributed by atoms with Gasteiger partial charge >= 0.3 is 0 Å². The number of ether oxygens (including phenoxy) is 1. The van der Waals surface area contributed by atoms with E-state index in [1.54, 1.807) is 12.1 Å². The first kappa shape index (κ1) is 14.9. The molecule has 19 heavy (non-hydrogen) atoms. The molecule has 2 nitrogen and oxygen atoms in total. The van der Waals surface area contributed by atoms with Gasteiger partial charge in [-0.25, -0.2) is 4.39 Å². The van der Waals surface area contributed by atoms with Gasteiger partial charge in [0, 0.05) is 12.5 Å². The van der Waals surface area contributed by atoms with Crippen LogP contribution < -0.4 is 10.1 Å². The Kier molecular flexibility index (Phi) is 4.93. The fourth-order valence-electron chi connectivity index (χ4n) is 2.48. The number of halogens is 3. The molecule has 0 bridgehead atoms. The van der Waals surface area contributed by atoms with E-state index in [0.29, 0.717) is 11.8 Å². The Morgan fingerprint density at radius 2 is 2.11 bits per heavy atom. The quantitative estimate of drug-likeness (QED) is 0.844. The molecular formula is C14H18Cl2FNO. The van der Waals surface area contributed by atoms with Crippen molar-refractivity contribution in [2.24, 2.45) is 11.8 Å². The van der Waals surface area contributed by atoms with Crippen LogP contribution in [0, 0.1) is 17.7 Å². The van der Waals surface area contributed by atoms with Crippen LogP contribution in [0.4, 0.5) is 4.39 Å². The molecule has 0 aliphatic carbocycles. The van der Waals surface area contributed by atoms with Gasteiger partial charge in [-0.3, -0.25) is 0 Å². The van der Waals surface area contributed by atoms with E-state index in [9.17, 15) is 4.39 Å². The number of hydrogen-bond acceptors (Lipinski definition) is 2. The molecule has 1 aromatic carbocycles. The summed E-state index contributed by atoms with van der Waals surface area (Å²) in [6.07, 6.45) is 1.02. The normalized spacial score (nSPS) is 20.8. The lowest BCUT2D eigenvalue weighted by molar-refractivity contribution is 0.0928. The third-order valence-corrected chi connectivity index (χ3v) is 4.26. The van der Waals surface area contributed by atoms with Crippen LogP contribution in [0.25, 0.3) is 0 Å². The van der Waals surface area contributed by atoms with E-state index in [4.69, 9.17) is 27.9 Å². The molecule has 1 saturated heterocycles. The number of hydrogen-bond donors (Lipinski definition) is 1. The van der Waals surface area contributed by atoms with Crippen molar-refractivity contribution in [1.29, 1.82) is 0 Å². The molecular weight excluding hydrogens is 288 g/mol. The maximum absolute atomic E-state index is 14.0. The highest BCUT2D eigenvalue weighted by atomic mass is 35.5. The standard InChI is InChI=1S/C14H18Cl2FNO/c1-8(2)14(9-5-6-18-7-9)19-11-4-3-10(15)12(16)13(11)17/h3-4,8-9,14,18H,5-7H2,1-2H3/t9-,14-/m0/s1. The van der Waals surface area contributed by atoms with E-state index in [-0.39, 0.29) is 21.9 Å². The highest BCUT2D eigenvalue weighted by Crippen LogP contribution is 2.33. The molecule has 0 saturated carbocycles. The molecule has 1 aliphatic rings. The first-order valence-corrected chi connectivity index (χ1v) is 7.27. The molecule has 2 atom stereocenters. The number of rotatable bonds is 4. The summed E-state index contributed by atoms with van der Waals surface area (Å²) in [5, 5.41) is 3.43. The minimum atomic E-state index is -0.578. The third kappa shape index (κ3) is 3.33. The SMILES string of the molecule is CC(C)[C@H](Oc1ccc(Cl)c(Cl)c1F)[C@H]1CCNC1. The van der Waals surface area contributed by atoms with Crippen LogP contribution in [0.3, 0.4) is 0 Å². The molecule has 0 aromatic heterocycles. The second-order valence-corrected chi connectivity index (χ2v) is 6.04. The van der Waals surface area contributed by atoms with Crippen LogP contribution in [0.2, 0.25) is 10.0 Å². The van der Waals surface area contributed by atoms with Crippen LogP contribution in [-0.4, -0.2) is 19.2 Å². The average Bonchev–Trinajstić information content (AvgIpc) is 2.88. The minimum Gasteiger partial charge on any atom is -0.487 e. The van der Waals surface area contributed by atoms with Crippen molar-refractivity contribution in [3.05, 3.63) is 28.0 Å². The van der Waals surface area contributed by atoms with Crippen molar-refractivity contribution < 1.29 is 9.13 Å². The fourth-order valence-corrected chi connectivity index (χ4v) is 2.78. The van der Waals surface area contributed by atoms with Gasteiger partial charge in [-0.1, -0.05) is 37.0 Å². The summed E-state index contributed by atoms with van der Waals surface area (Å²) in [4.78, 5) is 0. The fraction of sp³-hybridized carbons (Fsp3) is 0.571. The van der Waals surface area contributed by atoms with Gasteiger partial charge in [0.05, 0.1) is 10.0 Å². The van der Waals surface area contributed by atoms with Gasteiger partial charge in [0.2, 0.25) is 0 Å². The molecule has 1 fully saturated rings. The van der Waals surface area contributed by atoms with Gasteiger partial charge in [-0.2, -0.15) is 0 Å². The monoisotopic (exact) mass is 305 g/mol. The highest BCUT2D eigenvalue weighted by Gasteiger charge is 2.30. The van der Waals surface area contributed by atoms with E-state index < -0.39 is 5.82 Å². The lowest BCUT2D eigenvalue weighted by Crippen LogP contribution is -2.33. The smallest absolute Gasteiger partial charge is 0.185 e. The Hall–Kier alpha value is -0.510. The molecule has 106 valence electrons. The molecule has 5 heteroatoms. The van der Waals surface area contributed by atoms with Crippen LogP contribution in [0.15, 0.2) is 12.1 Å². The van der Waals surface area contributed by atoms with Crippen molar-refractivity contribution in [3.8, 4) is 5.75 Å². The van der Waals surface area contributed by atoms with Gasteiger partial charge < -0.3 is 10.1 Å². The molecule has 0 amide bonds. The predicted octanol–water partition coefficient (Wildman–Crippen LogP) is 4.15. The molecule has 0 radical (unpaired) electrons. The summed E-state index contributed by atoms with van der Waals surface area (Å²) in [6.45, 7) is 6.06. The molecule has 0 spiro atoms. The summed E-state index contributed by atoms with van der Waals surface area (Å²) in [7, 11) is 0. The van der Waals surface area contributed by atoms with Gasteiger partial charge in [-0.15, -0.1) is 0 Å².